The Balaban J connectivity index is 1.39. The monoisotopic (exact) mass is 342 g/mol. The number of hydrogen-bond donors (Lipinski definition) is 1. The first-order valence-electron chi connectivity index (χ1n) is 9.11. The smallest absolute Gasteiger partial charge is 0.248 e. The van der Waals surface area contributed by atoms with Crippen molar-refractivity contribution in [1.82, 2.24) is 4.98 Å². The number of aromatic nitrogens is 1. The quantitative estimate of drug-likeness (QED) is 0.756. The number of carbonyl (C=O) groups is 1. The number of amides is 1. The minimum absolute atomic E-state index is 0.416. The fraction of sp³-hybridized carbons (Fsp3) is 0.217. The van der Waals surface area contributed by atoms with Crippen LogP contribution in [0.3, 0.4) is 0 Å². The molecule has 26 heavy (non-hydrogen) atoms. The number of nitrogens with zero attached hydrogens (tertiary/aromatic N) is 1. The van der Waals surface area contributed by atoms with Crippen LogP contribution in [-0.2, 0) is 19.3 Å². The van der Waals surface area contributed by atoms with E-state index in [1.54, 1.807) is 12.1 Å². The zero-order valence-electron chi connectivity index (χ0n) is 14.7. The first-order valence-corrected chi connectivity index (χ1v) is 9.11. The molecule has 0 spiro atoms. The summed E-state index contributed by atoms with van der Waals surface area (Å²) in [6, 6.07) is 20.2. The third-order valence-corrected chi connectivity index (χ3v) is 5.24. The van der Waals surface area contributed by atoms with Gasteiger partial charge in [-0.15, -0.1) is 0 Å². The van der Waals surface area contributed by atoms with Crippen LogP contribution in [0.4, 0.5) is 0 Å². The van der Waals surface area contributed by atoms with Gasteiger partial charge in [-0.1, -0.05) is 42.5 Å². The number of aryl methyl sites for hydroxylation is 1. The number of fused-ring (bicyclic) bond motifs is 1. The molecule has 2 N–H and O–H groups in total. The largest absolute Gasteiger partial charge is 0.366 e. The van der Waals surface area contributed by atoms with Gasteiger partial charge in [-0.3, -0.25) is 9.78 Å². The van der Waals surface area contributed by atoms with Crippen LogP contribution in [0.1, 0.15) is 33.5 Å². The number of carbonyl (C=O) groups excluding carboxylic acids is 1. The Morgan fingerprint density at radius 2 is 1.77 bits per heavy atom. The van der Waals surface area contributed by atoms with Crippen LogP contribution >= 0.6 is 0 Å². The molecule has 0 saturated carbocycles. The molecule has 4 rings (SSSR count). The van der Waals surface area contributed by atoms with Crippen molar-refractivity contribution in [2.75, 3.05) is 0 Å². The summed E-state index contributed by atoms with van der Waals surface area (Å²) in [7, 11) is 0. The van der Waals surface area contributed by atoms with Gasteiger partial charge in [0, 0.05) is 17.3 Å². The Labute approximate surface area is 153 Å². The zero-order valence-corrected chi connectivity index (χ0v) is 14.7. The lowest BCUT2D eigenvalue weighted by atomic mass is 9.97. The lowest BCUT2D eigenvalue weighted by Crippen LogP contribution is -2.10. The minimum atomic E-state index is -0.416. The predicted molar refractivity (Wildman–Crippen MR) is 104 cm³/mol. The molecule has 0 atom stereocenters. The molecule has 0 fully saturated rings. The van der Waals surface area contributed by atoms with E-state index in [0.29, 0.717) is 5.56 Å². The summed E-state index contributed by atoms with van der Waals surface area (Å²) in [6.07, 6.45) is 6.58. The van der Waals surface area contributed by atoms with Crippen LogP contribution in [0.15, 0.2) is 66.9 Å². The topological polar surface area (TPSA) is 56.0 Å². The van der Waals surface area contributed by atoms with E-state index in [0.717, 1.165) is 23.6 Å². The standard InChI is InChI=1S/C23H22N2O/c24-23(26)21-7-3-6-20(14-21)22-11-10-16(15-25-22)8-9-17-12-18-4-1-2-5-19(18)13-17/h1-7,10-11,14-15,17H,8-9,12-13H2,(H2,24,26). The number of pyridine rings is 1. The highest BCUT2D eigenvalue weighted by atomic mass is 16.1. The van der Waals surface area contributed by atoms with E-state index < -0.39 is 5.91 Å². The third kappa shape index (κ3) is 3.52. The molecular formula is C23H22N2O. The van der Waals surface area contributed by atoms with E-state index in [4.69, 9.17) is 5.73 Å². The first-order chi connectivity index (χ1) is 12.7. The first kappa shape index (κ1) is 16.5. The fourth-order valence-electron chi connectivity index (χ4n) is 3.80. The van der Waals surface area contributed by atoms with Crippen molar-refractivity contribution in [2.45, 2.75) is 25.7 Å². The molecule has 1 heterocycles. The Morgan fingerprint density at radius 3 is 2.42 bits per heavy atom. The molecule has 2 aromatic carbocycles. The van der Waals surface area contributed by atoms with Crippen LogP contribution < -0.4 is 5.73 Å². The lowest BCUT2D eigenvalue weighted by molar-refractivity contribution is 0.100. The Kier molecular flexibility index (Phi) is 4.53. The average molecular weight is 342 g/mol. The van der Waals surface area contributed by atoms with Gasteiger partial charge in [0.1, 0.15) is 0 Å². The van der Waals surface area contributed by atoms with Crippen molar-refractivity contribution in [1.29, 1.82) is 0 Å². The second kappa shape index (κ2) is 7.12. The van der Waals surface area contributed by atoms with Gasteiger partial charge in [0.25, 0.3) is 0 Å². The molecule has 3 heteroatoms. The second-order valence-corrected chi connectivity index (χ2v) is 7.08. The number of primary amides is 1. The number of benzene rings is 2. The van der Waals surface area contributed by atoms with E-state index in [2.05, 4.69) is 35.3 Å². The van der Waals surface area contributed by atoms with Gasteiger partial charge in [-0.05, 0) is 66.5 Å². The normalized spacial score (nSPS) is 13.5. The van der Waals surface area contributed by atoms with Crippen LogP contribution in [0.2, 0.25) is 0 Å². The molecule has 3 aromatic rings. The zero-order chi connectivity index (χ0) is 17.9. The van der Waals surface area contributed by atoms with Gasteiger partial charge in [-0.25, -0.2) is 0 Å². The van der Waals surface area contributed by atoms with Gasteiger partial charge in [0.15, 0.2) is 0 Å². The minimum Gasteiger partial charge on any atom is -0.366 e. The maximum absolute atomic E-state index is 11.3. The predicted octanol–water partition coefficient (Wildman–Crippen LogP) is 4.20. The average Bonchev–Trinajstić information content (AvgIpc) is 3.10. The van der Waals surface area contributed by atoms with Crippen LogP contribution in [0.25, 0.3) is 11.3 Å². The Bertz CT molecular complexity index is 906. The van der Waals surface area contributed by atoms with Gasteiger partial charge in [-0.2, -0.15) is 0 Å². The molecule has 0 radical (unpaired) electrons. The highest BCUT2D eigenvalue weighted by Gasteiger charge is 2.20. The van der Waals surface area contributed by atoms with E-state index in [-0.39, 0.29) is 0 Å². The summed E-state index contributed by atoms with van der Waals surface area (Å²) in [4.78, 5) is 15.9. The Morgan fingerprint density at radius 1 is 1.00 bits per heavy atom. The lowest BCUT2D eigenvalue weighted by Gasteiger charge is -2.09. The van der Waals surface area contributed by atoms with Crippen molar-refractivity contribution in [2.24, 2.45) is 11.7 Å². The summed E-state index contributed by atoms with van der Waals surface area (Å²) in [5.41, 5.74) is 11.9. The van der Waals surface area contributed by atoms with Crippen molar-refractivity contribution >= 4 is 5.91 Å². The van der Waals surface area contributed by atoms with Gasteiger partial charge in [0.2, 0.25) is 5.91 Å². The van der Waals surface area contributed by atoms with E-state index >= 15 is 0 Å². The molecule has 0 aliphatic heterocycles. The van der Waals surface area contributed by atoms with Crippen molar-refractivity contribution in [3.8, 4) is 11.3 Å². The van der Waals surface area contributed by atoms with E-state index in [9.17, 15) is 4.79 Å². The maximum Gasteiger partial charge on any atom is 0.248 e. The molecule has 130 valence electrons. The fourth-order valence-corrected chi connectivity index (χ4v) is 3.80. The summed E-state index contributed by atoms with van der Waals surface area (Å²) in [6.45, 7) is 0. The van der Waals surface area contributed by atoms with Crippen molar-refractivity contribution in [3.05, 3.63) is 89.1 Å². The van der Waals surface area contributed by atoms with E-state index in [1.165, 1.54) is 36.0 Å². The molecule has 0 saturated heterocycles. The summed E-state index contributed by atoms with van der Waals surface area (Å²) < 4.78 is 0. The summed E-state index contributed by atoms with van der Waals surface area (Å²) in [5.74, 6) is 0.320. The highest BCUT2D eigenvalue weighted by molar-refractivity contribution is 5.93. The molecule has 1 aromatic heterocycles. The Hall–Kier alpha value is -2.94. The number of nitrogens with two attached hydrogens (primary N) is 1. The molecule has 3 nitrogen and oxygen atoms in total. The third-order valence-electron chi connectivity index (χ3n) is 5.24. The highest BCUT2D eigenvalue weighted by Crippen LogP contribution is 2.29. The molecule has 1 aliphatic rings. The number of rotatable bonds is 5. The van der Waals surface area contributed by atoms with E-state index in [1.807, 2.05) is 24.4 Å². The summed E-state index contributed by atoms with van der Waals surface area (Å²) in [5, 5.41) is 0. The SMILES string of the molecule is NC(=O)c1cccc(-c2ccc(CCC3Cc4ccccc4C3)cn2)c1. The van der Waals surface area contributed by atoms with Crippen LogP contribution in [0, 0.1) is 5.92 Å². The van der Waals surface area contributed by atoms with Crippen molar-refractivity contribution in [3.63, 3.8) is 0 Å². The molecule has 0 unspecified atom stereocenters. The number of hydrogen-bond acceptors (Lipinski definition) is 2. The molecule has 0 bridgehead atoms. The molecule has 1 aliphatic carbocycles. The van der Waals surface area contributed by atoms with Gasteiger partial charge < -0.3 is 5.73 Å². The summed E-state index contributed by atoms with van der Waals surface area (Å²) >= 11 is 0. The molecular weight excluding hydrogens is 320 g/mol. The maximum atomic E-state index is 11.3. The van der Waals surface area contributed by atoms with Crippen molar-refractivity contribution < 1.29 is 4.79 Å². The van der Waals surface area contributed by atoms with Crippen LogP contribution in [0.5, 0.6) is 0 Å². The van der Waals surface area contributed by atoms with Crippen LogP contribution in [-0.4, -0.2) is 10.9 Å². The molecule has 1 amide bonds. The second-order valence-electron chi connectivity index (χ2n) is 7.08. The van der Waals surface area contributed by atoms with Gasteiger partial charge >= 0.3 is 0 Å². The van der Waals surface area contributed by atoms with Gasteiger partial charge in [0.05, 0.1) is 5.69 Å².